The molecule has 0 unspecified atom stereocenters. The van der Waals surface area contributed by atoms with Gasteiger partial charge in [-0.05, 0) is 13.0 Å². The Morgan fingerprint density at radius 1 is 1.18 bits per heavy atom. The van der Waals surface area contributed by atoms with Crippen LogP contribution in [0.15, 0.2) is 33.5 Å². The van der Waals surface area contributed by atoms with E-state index in [1.54, 1.807) is 0 Å². The van der Waals surface area contributed by atoms with Crippen molar-refractivity contribution in [2.75, 3.05) is 5.75 Å². The number of halogens is 1. The number of aliphatic carboxylic acids is 1. The minimum absolute atomic E-state index is 0.00335. The van der Waals surface area contributed by atoms with Crippen molar-refractivity contribution in [1.82, 2.24) is 0 Å². The van der Waals surface area contributed by atoms with E-state index in [1.165, 1.54) is 25.1 Å². The van der Waals surface area contributed by atoms with E-state index < -0.39 is 52.8 Å². The third-order valence-corrected chi connectivity index (χ3v) is 6.56. The number of fused-ring (bicyclic) bond motifs is 1. The zero-order valence-electron chi connectivity index (χ0n) is 17.5. The molecular weight excluding hydrogens is 480 g/mol. The zero-order valence-corrected chi connectivity index (χ0v) is 19.0. The predicted octanol–water partition coefficient (Wildman–Crippen LogP) is 0.996. The van der Waals surface area contributed by atoms with Gasteiger partial charge >= 0.3 is 11.6 Å². The van der Waals surface area contributed by atoms with Gasteiger partial charge in [0.2, 0.25) is 0 Å². The van der Waals surface area contributed by atoms with Crippen molar-refractivity contribution in [1.29, 1.82) is 0 Å². The number of benzene rings is 1. The molecule has 182 valence electrons. The first-order chi connectivity index (χ1) is 15.4. The van der Waals surface area contributed by atoms with Gasteiger partial charge in [0, 0.05) is 30.0 Å². The quantitative estimate of drug-likeness (QED) is 0.216. The molecular formula is C21H25ClO10S. The Labute approximate surface area is 197 Å². The van der Waals surface area contributed by atoms with E-state index in [2.05, 4.69) is 0 Å². The molecule has 0 radical (unpaired) electrons. The number of aliphatic hydroxyl groups is 4. The second kappa shape index (κ2) is 11.7. The minimum atomic E-state index is -1.70. The average Bonchev–Trinajstić information content (AvgIpc) is 2.70. The summed E-state index contributed by atoms with van der Waals surface area (Å²) in [6.07, 6.45) is -2.45. The van der Waals surface area contributed by atoms with Gasteiger partial charge in [-0.2, -0.15) is 0 Å². The van der Waals surface area contributed by atoms with Gasteiger partial charge in [0.25, 0.3) is 0 Å². The van der Waals surface area contributed by atoms with Crippen LogP contribution in [0.2, 0.25) is 5.02 Å². The maximum Gasteiger partial charge on any atom is 0.347 e. The maximum absolute atomic E-state index is 12.2. The Morgan fingerprint density at radius 2 is 1.85 bits per heavy atom. The van der Waals surface area contributed by atoms with Crippen LogP contribution in [0.5, 0.6) is 11.5 Å². The number of rotatable bonds is 11. The largest absolute Gasteiger partial charge is 0.507 e. The highest BCUT2D eigenvalue weighted by Crippen LogP contribution is 2.36. The molecule has 0 saturated carbocycles. The van der Waals surface area contributed by atoms with Crippen molar-refractivity contribution in [3.05, 3.63) is 45.5 Å². The highest BCUT2D eigenvalue weighted by Gasteiger charge is 2.29. The van der Waals surface area contributed by atoms with Gasteiger partial charge in [-0.15, -0.1) is 11.8 Å². The highest BCUT2D eigenvalue weighted by molar-refractivity contribution is 8.00. The number of carboxylic acid groups (broad SMARTS) is 1. The van der Waals surface area contributed by atoms with Gasteiger partial charge in [-0.3, -0.25) is 0 Å². The summed E-state index contributed by atoms with van der Waals surface area (Å²) in [6, 6.07) is 2.28. The van der Waals surface area contributed by atoms with E-state index in [9.17, 15) is 40.2 Å². The van der Waals surface area contributed by atoms with Crippen LogP contribution in [-0.4, -0.2) is 77.1 Å². The molecule has 0 saturated heterocycles. The fraction of sp³-hybridized carbons (Fsp3) is 0.429. The lowest BCUT2D eigenvalue weighted by Gasteiger charge is -2.26. The van der Waals surface area contributed by atoms with Crippen molar-refractivity contribution >= 4 is 40.1 Å². The van der Waals surface area contributed by atoms with Gasteiger partial charge in [0.05, 0.1) is 28.6 Å². The number of allylic oxidation sites excluding steroid dienone is 1. The molecule has 0 bridgehead atoms. The van der Waals surface area contributed by atoms with Gasteiger partial charge in [-0.1, -0.05) is 23.8 Å². The van der Waals surface area contributed by atoms with E-state index in [-0.39, 0.29) is 40.1 Å². The number of thioether (sulfide) groups is 1. The number of phenolic OH excluding ortho intramolecular Hbond substituents is 2. The third kappa shape index (κ3) is 7.10. The normalized spacial score (nSPS) is 16.5. The zero-order chi connectivity index (χ0) is 24.9. The lowest BCUT2D eigenvalue weighted by molar-refractivity contribution is -0.145. The summed E-state index contributed by atoms with van der Waals surface area (Å²) in [5.41, 5.74) is -0.876. The van der Waals surface area contributed by atoms with Gasteiger partial charge in [-0.25, -0.2) is 9.59 Å². The Bertz CT molecular complexity index is 1070. The molecule has 1 heterocycles. The van der Waals surface area contributed by atoms with Crippen LogP contribution < -0.4 is 5.63 Å². The van der Waals surface area contributed by atoms with E-state index in [0.29, 0.717) is 0 Å². The summed E-state index contributed by atoms with van der Waals surface area (Å²) in [5, 5.41) is 67.1. The smallest absolute Gasteiger partial charge is 0.347 e. The molecule has 1 aromatic carbocycles. The molecule has 0 amide bonds. The second-order valence-corrected chi connectivity index (χ2v) is 9.03. The Balaban J connectivity index is 2.21. The van der Waals surface area contributed by atoms with Crippen LogP contribution in [0.1, 0.15) is 19.1 Å². The molecule has 33 heavy (non-hydrogen) atoms. The minimum Gasteiger partial charge on any atom is -0.507 e. The molecule has 0 spiro atoms. The van der Waals surface area contributed by atoms with Gasteiger partial charge in [0.15, 0.2) is 6.10 Å². The molecule has 10 nitrogen and oxygen atoms in total. The first kappa shape index (κ1) is 27.0. The summed E-state index contributed by atoms with van der Waals surface area (Å²) < 4.78 is 5.14. The molecule has 2 rings (SSSR count). The van der Waals surface area contributed by atoms with Crippen LogP contribution in [0, 0.1) is 0 Å². The SMILES string of the molecule is C[C@@H](O)C[C@@H](O)[C@@H](SC[C@@H](O)C(=O)O)[C@@H](O)C=CCc1cc2c(Cl)c(O)cc(O)c2c(=O)o1. The molecule has 5 atom stereocenters. The van der Waals surface area contributed by atoms with Gasteiger partial charge < -0.3 is 40.2 Å². The van der Waals surface area contributed by atoms with Gasteiger partial charge in [0.1, 0.15) is 22.6 Å². The number of aliphatic hydroxyl groups excluding tert-OH is 4. The van der Waals surface area contributed by atoms with Crippen LogP contribution in [0.4, 0.5) is 0 Å². The van der Waals surface area contributed by atoms with Crippen LogP contribution in [0.3, 0.4) is 0 Å². The van der Waals surface area contributed by atoms with E-state index >= 15 is 0 Å². The molecule has 0 aliphatic carbocycles. The fourth-order valence-electron chi connectivity index (χ4n) is 3.09. The molecule has 12 heteroatoms. The molecule has 0 aliphatic rings. The Morgan fingerprint density at radius 3 is 2.45 bits per heavy atom. The first-order valence-corrected chi connectivity index (χ1v) is 11.3. The highest BCUT2D eigenvalue weighted by atomic mass is 35.5. The number of phenols is 2. The summed E-state index contributed by atoms with van der Waals surface area (Å²) in [7, 11) is 0. The molecule has 1 aromatic heterocycles. The lowest BCUT2D eigenvalue weighted by Crippen LogP contribution is -2.37. The Kier molecular flexibility index (Phi) is 9.58. The number of hydrogen-bond donors (Lipinski definition) is 7. The summed E-state index contributed by atoms with van der Waals surface area (Å²) in [4.78, 5) is 23.0. The van der Waals surface area contributed by atoms with E-state index in [0.717, 1.165) is 17.8 Å². The standard InChI is InChI=1S/C21H25ClO10S/c1-9(23)5-15(27)19(33-8-16(28)20(29)30)12(24)4-2-3-10-6-11-17(21(31)32-10)13(25)7-14(26)18(11)22/h2,4,6-7,9,12,15-16,19,23-28H,3,5,8H2,1H3,(H,29,30)/t9-,12+,15-,16-,19+/m1/s1. The van der Waals surface area contributed by atoms with Crippen LogP contribution in [-0.2, 0) is 11.2 Å². The second-order valence-electron chi connectivity index (χ2n) is 7.44. The topological polar surface area (TPSA) is 189 Å². The van der Waals surface area contributed by atoms with Crippen molar-refractivity contribution in [3.63, 3.8) is 0 Å². The molecule has 0 aliphatic heterocycles. The van der Waals surface area contributed by atoms with E-state index in [4.69, 9.17) is 21.1 Å². The third-order valence-electron chi connectivity index (χ3n) is 4.68. The summed E-state index contributed by atoms with van der Waals surface area (Å²) in [5.74, 6) is -2.54. The van der Waals surface area contributed by atoms with Crippen LogP contribution >= 0.6 is 23.4 Å². The number of carboxylic acids is 1. The van der Waals surface area contributed by atoms with Crippen molar-refractivity contribution in [2.24, 2.45) is 0 Å². The average molecular weight is 505 g/mol. The predicted molar refractivity (Wildman–Crippen MR) is 122 cm³/mol. The van der Waals surface area contributed by atoms with Crippen molar-refractivity contribution < 1.29 is 45.0 Å². The monoisotopic (exact) mass is 504 g/mol. The maximum atomic E-state index is 12.2. The first-order valence-electron chi connectivity index (χ1n) is 9.82. The lowest BCUT2D eigenvalue weighted by atomic mass is 10.0. The Hall–Kier alpha value is -2.28. The summed E-state index contributed by atoms with van der Waals surface area (Å²) in [6.45, 7) is 1.45. The number of hydrogen-bond acceptors (Lipinski definition) is 10. The van der Waals surface area contributed by atoms with Crippen LogP contribution in [0.25, 0.3) is 10.8 Å². The van der Waals surface area contributed by atoms with Crippen molar-refractivity contribution in [3.8, 4) is 11.5 Å². The van der Waals surface area contributed by atoms with Crippen molar-refractivity contribution in [2.45, 2.75) is 49.4 Å². The molecule has 7 N–H and O–H groups in total. The molecule has 0 fully saturated rings. The fourth-order valence-corrected chi connectivity index (χ4v) is 4.46. The van der Waals surface area contributed by atoms with E-state index in [1.807, 2.05) is 0 Å². The summed E-state index contributed by atoms with van der Waals surface area (Å²) >= 11 is 6.85. The number of aromatic hydroxyl groups is 2. The molecule has 2 aromatic rings. The number of carbonyl (C=O) groups is 1.